The summed E-state index contributed by atoms with van der Waals surface area (Å²) in [7, 11) is 4.39. The van der Waals surface area contributed by atoms with Crippen LogP contribution in [0, 0.1) is 11.3 Å². The van der Waals surface area contributed by atoms with Crippen molar-refractivity contribution in [3.05, 3.63) is 35.9 Å². The topological polar surface area (TPSA) is 18.5 Å². The molecule has 1 spiro atoms. The highest BCUT2D eigenvalue weighted by Crippen LogP contribution is 2.40. The van der Waals surface area contributed by atoms with Crippen molar-refractivity contribution in [2.45, 2.75) is 6.54 Å². The Bertz CT molecular complexity index is 411. The van der Waals surface area contributed by atoms with Gasteiger partial charge in [0, 0.05) is 44.7 Å². The number of likely N-dealkylation sites (tertiary alicyclic amines) is 1. The van der Waals surface area contributed by atoms with Gasteiger partial charge in [0.15, 0.2) is 0 Å². The summed E-state index contributed by atoms with van der Waals surface area (Å²) in [5.74, 6) is 0.812. The zero-order chi connectivity index (χ0) is 13.3. The summed E-state index contributed by atoms with van der Waals surface area (Å²) >= 11 is 0. The summed E-state index contributed by atoms with van der Waals surface area (Å²) in [6.07, 6.45) is 0. The second-order valence-electron chi connectivity index (χ2n) is 6.58. The molecule has 0 saturated carbocycles. The van der Waals surface area contributed by atoms with E-state index in [-0.39, 0.29) is 0 Å². The minimum Gasteiger partial charge on any atom is -0.315 e. The first kappa shape index (κ1) is 13.1. The number of nitrogens with one attached hydrogen (secondary N) is 1. The van der Waals surface area contributed by atoms with Crippen LogP contribution in [0.2, 0.25) is 0 Å². The average molecular weight is 259 g/mol. The van der Waals surface area contributed by atoms with Crippen LogP contribution in [0.25, 0.3) is 0 Å². The molecule has 2 fully saturated rings. The Hall–Kier alpha value is -0.900. The van der Waals surface area contributed by atoms with E-state index in [2.05, 4.69) is 59.5 Å². The van der Waals surface area contributed by atoms with E-state index in [4.69, 9.17) is 0 Å². The molecular formula is C16H25N3. The lowest BCUT2D eigenvalue weighted by Crippen LogP contribution is -2.59. The van der Waals surface area contributed by atoms with Crippen molar-refractivity contribution in [2.24, 2.45) is 11.3 Å². The third kappa shape index (κ3) is 2.69. The van der Waals surface area contributed by atoms with Gasteiger partial charge in [-0.15, -0.1) is 0 Å². The van der Waals surface area contributed by atoms with Crippen molar-refractivity contribution in [2.75, 3.05) is 46.8 Å². The average Bonchev–Trinajstić information content (AvgIpc) is 2.68. The van der Waals surface area contributed by atoms with Gasteiger partial charge in [0.25, 0.3) is 0 Å². The molecule has 0 aliphatic carbocycles. The van der Waals surface area contributed by atoms with Gasteiger partial charge in [0.1, 0.15) is 0 Å². The highest BCUT2D eigenvalue weighted by atomic mass is 15.2. The second kappa shape index (κ2) is 5.23. The second-order valence-corrected chi connectivity index (χ2v) is 6.58. The first-order chi connectivity index (χ1) is 9.18. The van der Waals surface area contributed by atoms with E-state index in [0.717, 1.165) is 12.5 Å². The SMILES string of the molecule is CN(C)CC1CN(Cc2ccccc2)CC12CNC2. The van der Waals surface area contributed by atoms with Gasteiger partial charge in [0.05, 0.1) is 0 Å². The third-order valence-electron chi connectivity index (χ3n) is 4.67. The van der Waals surface area contributed by atoms with Crippen molar-refractivity contribution >= 4 is 0 Å². The predicted molar refractivity (Wildman–Crippen MR) is 79.1 cm³/mol. The number of nitrogens with zero attached hydrogens (tertiary/aromatic N) is 2. The van der Waals surface area contributed by atoms with Gasteiger partial charge in [-0.1, -0.05) is 30.3 Å². The smallest absolute Gasteiger partial charge is 0.0234 e. The zero-order valence-corrected chi connectivity index (χ0v) is 12.1. The van der Waals surface area contributed by atoms with Crippen LogP contribution in [0.5, 0.6) is 0 Å². The molecule has 1 unspecified atom stereocenters. The summed E-state index contributed by atoms with van der Waals surface area (Å²) < 4.78 is 0. The molecular weight excluding hydrogens is 234 g/mol. The molecule has 3 rings (SSSR count). The highest BCUT2D eigenvalue weighted by molar-refractivity contribution is 5.15. The van der Waals surface area contributed by atoms with Crippen molar-refractivity contribution < 1.29 is 0 Å². The summed E-state index contributed by atoms with van der Waals surface area (Å²) in [5, 5.41) is 3.49. The Morgan fingerprint density at radius 1 is 1.26 bits per heavy atom. The number of hydrogen-bond donors (Lipinski definition) is 1. The van der Waals surface area contributed by atoms with Gasteiger partial charge in [-0.2, -0.15) is 0 Å². The molecule has 1 aromatic carbocycles. The summed E-state index contributed by atoms with van der Waals surface area (Å²) in [6.45, 7) is 7.23. The first-order valence-corrected chi connectivity index (χ1v) is 7.30. The molecule has 3 nitrogen and oxygen atoms in total. The first-order valence-electron chi connectivity index (χ1n) is 7.30. The van der Waals surface area contributed by atoms with Crippen molar-refractivity contribution in [1.82, 2.24) is 15.1 Å². The minimum atomic E-state index is 0.541. The Balaban J connectivity index is 1.66. The minimum absolute atomic E-state index is 0.541. The summed E-state index contributed by atoms with van der Waals surface area (Å²) in [5.41, 5.74) is 1.98. The summed E-state index contributed by atoms with van der Waals surface area (Å²) in [4.78, 5) is 4.99. The monoisotopic (exact) mass is 259 g/mol. The number of hydrogen-bond acceptors (Lipinski definition) is 3. The fraction of sp³-hybridized carbons (Fsp3) is 0.625. The lowest BCUT2D eigenvalue weighted by atomic mass is 9.73. The van der Waals surface area contributed by atoms with Gasteiger partial charge >= 0.3 is 0 Å². The van der Waals surface area contributed by atoms with Crippen molar-refractivity contribution in [3.8, 4) is 0 Å². The van der Waals surface area contributed by atoms with Crippen LogP contribution >= 0.6 is 0 Å². The molecule has 3 heteroatoms. The quantitative estimate of drug-likeness (QED) is 0.878. The number of rotatable bonds is 4. The van der Waals surface area contributed by atoms with Crippen LogP contribution in [-0.4, -0.2) is 56.6 Å². The molecule has 0 radical (unpaired) electrons. The van der Waals surface area contributed by atoms with Gasteiger partial charge in [0.2, 0.25) is 0 Å². The molecule has 1 aromatic rings. The maximum Gasteiger partial charge on any atom is 0.0234 e. The fourth-order valence-corrected chi connectivity index (χ4v) is 3.65. The van der Waals surface area contributed by atoms with Crippen LogP contribution in [0.3, 0.4) is 0 Å². The molecule has 0 aromatic heterocycles. The molecule has 2 heterocycles. The van der Waals surface area contributed by atoms with E-state index >= 15 is 0 Å². The normalized spacial score (nSPS) is 25.9. The van der Waals surface area contributed by atoms with Crippen molar-refractivity contribution in [3.63, 3.8) is 0 Å². The molecule has 1 atom stereocenters. The van der Waals surface area contributed by atoms with E-state index in [1.807, 2.05) is 0 Å². The molecule has 104 valence electrons. The van der Waals surface area contributed by atoms with Crippen LogP contribution in [0.1, 0.15) is 5.56 Å². The van der Waals surface area contributed by atoms with E-state index in [1.165, 1.54) is 38.3 Å². The Morgan fingerprint density at radius 2 is 2.00 bits per heavy atom. The summed E-state index contributed by atoms with van der Waals surface area (Å²) in [6, 6.07) is 10.9. The fourth-order valence-electron chi connectivity index (χ4n) is 3.65. The number of benzene rings is 1. The van der Waals surface area contributed by atoms with Crippen LogP contribution in [-0.2, 0) is 6.54 Å². The molecule has 2 aliphatic rings. The Kier molecular flexibility index (Phi) is 3.61. The molecule has 0 bridgehead atoms. The van der Waals surface area contributed by atoms with Gasteiger partial charge < -0.3 is 10.2 Å². The Labute approximate surface area is 116 Å². The molecule has 19 heavy (non-hydrogen) atoms. The van der Waals surface area contributed by atoms with Gasteiger partial charge in [-0.25, -0.2) is 0 Å². The lowest BCUT2D eigenvalue weighted by Gasteiger charge is -2.44. The lowest BCUT2D eigenvalue weighted by molar-refractivity contribution is 0.103. The maximum atomic E-state index is 3.49. The standard InChI is InChI=1S/C16H25N3/c1-18(2)9-15-10-19(13-16(15)11-17-12-16)8-14-6-4-3-5-7-14/h3-7,15,17H,8-13H2,1-2H3. The predicted octanol–water partition coefficient (Wildman–Crippen LogP) is 1.27. The van der Waals surface area contributed by atoms with E-state index in [1.54, 1.807) is 0 Å². The van der Waals surface area contributed by atoms with Crippen molar-refractivity contribution in [1.29, 1.82) is 0 Å². The van der Waals surface area contributed by atoms with Gasteiger partial charge in [-0.3, -0.25) is 4.90 Å². The van der Waals surface area contributed by atoms with E-state index < -0.39 is 0 Å². The third-order valence-corrected chi connectivity index (χ3v) is 4.67. The zero-order valence-electron chi connectivity index (χ0n) is 12.1. The van der Waals surface area contributed by atoms with Crippen LogP contribution < -0.4 is 5.32 Å². The van der Waals surface area contributed by atoms with Gasteiger partial charge in [-0.05, 0) is 25.6 Å². The molecule has 2 aliphatic heterocycles. The molecule has 2 saturated heterocycles. The van der Waals surface area contributed by atoms with E-state index in [9.17, 15) is 0 Å². The Morgan fingerprint density at radius 3 is 2.58 bits per heavy atom. The van der Waals surface area contributed by atoms with Crippen LogP contribution in [0.15, 0.2) is 30.3 Å². The largest absolute Gasteiger partial charge is 0.315 e. The molecule has 0 amide bonds. The maximum absolute atomic E-state index is 3.49. The molecule has 1 N–H and O–H groups in total. The van der Waals surface area contributed by atoms with Crippen LogP contribution in [0.4, 0.5) is 0 Å². The highest BCUT2D eigenvalue weighted by Gasteiger charge is 2.50. The van der Waals surface area contributed by atoms with E-state index in [0.29, 0.717) is 5.41 Å².